The molecule has 0 bridgehead atoms. The number of hydrogen-bond donors (Lipinski definition) is 1. The number of amides is 2. The Morgan fingerprint density at radius 1 is 1.22 bits per heavy atom. The summed E-state index contributed by atoms with van der Waals surface area (Å²) in [6.07, 6.45) is 3.19. The van der Waals surface area contributed by atoms with Gasteiger partial charge in [-0.1, -0.05) is 18.2 Å². The Morgan fingerprint density at radius 3 is 2.30 bits per heavy atom. The number of rotatable bonds is 4. The first-order chi connectivity index (χ1) is 11.1. The SMILES string of the molecule is CCN(C(=O)N1CCC(C2(C(=O)O)CC2)CC1)c1ccccc1. The van der Waals surface area contributed by atoms with E-state index in [2.05, 4.69) is 0 Å². The first kappa shape index (κ1) is 15.8. The van der Waals surface area contributed by atoms with Gasteiger partial charge in [-0.15, -0.1) is 0 Å². The lowest BCUT2D eigenvalue weighted by Gasteiger charge is -2.37. The van der Waals surface area contributed by atoms with Crippen LogP contribution in [-0.2, 0) is 4.79 Å². The summed E-state index contributed by atoms with van der Waals surface area (Å²) in [6, 6.07) is 9.71. The fourth-order valence-electron chi connectivity index (χ4n) is 3.76. The summed E-state index contributed by atoms with van der Waals surface area (Å²) in [5, 5.41) is 9.42. The van der Waals surface area contributed by atoms with Gasteiger partial charge in [-0.2, -0.15) is 0 Å². The molecule has 1 saturated carbocycles. The molecular formula is C18H24N2O3. The van der Waals surface area contributed by atoms with Gasteiger partial charge < -0.3 is 10.0 Å². The number of piperidine rings is 1. The van der Waals surface area contributed by atoms with E-state index in [-0.39, 0.29) is 11.9 Å². The molecule has 0 aromatic heterocycles. The Labute approximate surface area is 136 Å². The van der Waals surface area contributed by atoms with Gasteiger partial charge in [-0.05, 0) is 50.7 Å². The maximum atomic E-state index is 12.8. The molecule has 2 fully saturated rings. The van der Waals surface area contributed by atoms with Crippen LogP contribution in [0.3, 0.4) is 0 Å². The fraction of sp³-hybridized carbons (Fsp3) is 0.556. The van der Waals surface area contributed by atoms with Crippen molar-refractivity contribution in [2.24, 2.45) is 11.3 Å². The van der Waals surface area contributed by atoms with Crippen LogP contribution in [0.5, 0.6) is 0 Å². The molecule has 1 saturated heterocycles. The third-order valence-electron chi connectivity index (χ3n) is 5.38. The van der Waals surface area contributed by atoms with Crippen molar-refractivity contribution < 1.29 is 14.7 Å². The van der Waals surface area contributed by atoms with Crippen LogP contribution in [0, 0.1) is 11.3 Å². The molecule has 5 heteroatoms. The molecule has 0 unspecified atom stereocenters. The monoisotopic (exact) mass is 316 g/mol. The number of likely N-dealkylation sites (tertiary alicyclic amines) is 1. The highest BCUT2D eigenvalue weighted by molar-refractivity contribution is 5.92. The van der Waals surface area contributed by atoms with E-state index in [0.717, 1.165) is 31.4 Å². The molecule has 0 spiro atoms. The first-order valence-corrected chi connectivity index (χ1v) is 8.43. The summed E-state index contributed by atoms with van der Waals surface area (Å²) in [5.74, 6) is -0.433. The van der Waals surface area contributed by atoms with Gasteiger partial charge in [0.2, 0.25) is 0 Å². The minimum atomic E-state index is -0.651. The molecule has 1 heterocycles. The zero-order valence-electron chi connectivity index (χ0n) is 13.6. The Balaban J connectivity index is 1.63. The van der Waals surface area contributed by atoms with Crippen LogP contribution in [0.2, 0.25) is 0 Å². The summed E-state index contributed by atoms with van der Waals surface area (Å²) in [4.78, 5) is 27.9. The van der Waals surface area contributed by atoms with Crippen molar-refractivity contribution in [1.29, 1.82) is 0 Å². The molecule has 2 amide bonds. The second-order valence-electron chi connectivity index (χ2n) is 6.58. The molecule has 1 aromatic rings. The summed E-state index contributed by atoms with van der Waals surface area (Å²) < 4.78 is 0. The predicted molar refractivity (Wildman–Crippen MR) is 88.5 cm³/mol. The van der Waals surface area contributed by atoms with E-state index in [0.29, 0.717) is 19.6 Å². The molecule has 5 nitrogen and oxygen atoms in total. The van der Waals surface area contributed by atoms with Crippen molar-refractivity contribution in [1.82, 2.24) is 4.90 Å². The third-order valence-corrected chi connectivity index (χ3v) is 5.38. The Morgan fingerprint density at radius 2 is 1.83 bits per heavy atom. The Hall–Kier alpha value is -2.04. The van der Waals surface area contributed by atoms with Gasteiger partial charge in [0.15, 0.2) is 0 Å². The number of anilines is 1. The third kappa shape index (κ3) is 2.92. The van der Waals surface area contributed by atoms with Gasteiger partial charge in [0.1, 0.15) is 0 Å². The van der Waals surface area contributed by atoms with Crippen molar-refractivity contribution in [2.45, 2.75) is 32.6 Å². The number of carboxylic acids is 1. The van der Waals surface area contributed by atoms with E-state index < -0.39 is 11.4 Å². The summed E-state index contributed by atoms with van der Waals surface area (Å²) in [5.41, 5.74) is 0.422. The normalized spacial score (nSPS) is 20.1. The van der Waals surface area contributed by atoms with Crippen LogP contribution in [-0.4, -0.2) is 41.6 Å². The highest BCUT2D eigenvalue weighted by atomic mass is 16.4. The molecule has 1 aromatic carbocycles. The summed E-state index contributed by atoms with van der Waals surface area (Å²) >= 11 is 0. The lowest BCUT2D eigenvalue weighted by molar-refractivity contribution is -0.146. The number of benzene rings is 1. The van der Waals surface area contributed by atoms with Crippen LogP contribution in [0.25, 0.3) is 0 Å². The second kappa shape index (κ2) is 6.22. The Bertz CT molecular complexity index is 575. The Kier molecular flexibility index (Phi) is 4.28. The van der Waals surface area contributed by atoms with E-state index in [9.17, 15) is 14.7 Å². The number of nitrogens with zero attached hydrogens (tertiary/aromatic N) is 2. The average molecular weight is 316 g/mol. The van der Waals surface area contributed by atoms with Gasteiger partial charge in [0.25, 0.3) is 0 Å². The average Bonchev–Trinajstić information content (AvgIpc) is 3.38. The number of carbonyl (C=O) groups excluding carboxylic acids is 1. The molecule has 2 aliphatic rings. The number of urea groups is 1. The highest BCUT2D eigenvalue weighted by Gasteiger charge is 2.56. The van der Waals surface area contributed by atoms with E-state index >= 15 is 0 Å². The molecule has 23 heavy (non-hydrogen) atoms. The fourth-order valence-corrected chi connectivity index (χ4v) is 3.76. The number of para-hydroxylation sites is 1. The first-order valence-electron chi connectivity index (χ1n) is 8.43. The maximum absolute atomic E-state index is 12.8. The van der Waals surface area contributed by atoms with Crippen LogP contribution >= 0.6 is 0 Å². The summed E-state index contributed by atoms with van der Waals surface area (Å²) in [6.45, 7) is 3.91. The van der Waals surface area contributed by atoms with Crippen LogP contribution in [0.1, 0.15) is 32.6 Å². The van der Waals surface area contributed by atoms with E-state index in [1.54, 1.807) is 4.90 Å². The van der Waals surface area contributed by atoms with Gasteiger partial charge >= 0.3 is 12.0 Å². The molecule has 0 radical (unpaired) electrons. The minimum Gasteiger partial charge on any atom is -0.481 e. The van der Waals surface area contributed by atoms with Crippen LogP contribution in [0.15, 0.2) is 30.3 Å². The molecule has 1 N–H and O–H groups in total. The van der Waals surface area contributed by atoms with E-state index in [1.807, 2.05) is 42.2 Å². The van der Waals surface area contributed by atoms with Gasteiger partial charge in [0, 0.05) is 25.3 Å². The maximum Gasteiger partial charge on any atom is 0.324 e. The second-order valence-corrected chi connectivity index (χ2v) is 6.58. The quantitative estimate of drug-likeness (QED) is 0.928. The molecule has 124 valence electrons. The smallest absolute Gasteiger partial charge is 0.324 e. The van der Waals surface area contributed by atoms with Crippen LogP contribution < -0.4 is 4.90 Å². The van der Waals surface area contributed by atoms with Crippen molar-refractivity contribution in [2.75, 3.05) is 24.5 Å². The zero-order chi connectivity index (χ0) is 16.4. The van der Waals surface area contributed by atoms with Crippen molar-refractivity contribution in [3.63, 3.8) is 0 Å². The highest BCUT2D eigenvalue weighted by Crippen LogP contribution is 2.55. The molecule has 0 atom stereocenters. The standard InChI is InChI=1S/C18H24N2O3/c1-2-20(15-6-4-3-5-7-15)17(23)19-12-8-14(9-13-19)18(10-11-18)16(21)22/h3-7,14H,2,8-13H2,1H3,(H,21,22). The lowest BCUT2D eigenvalue weighted by atomic mass is 9.81. The lowest BCUT2D eigenvalue weighted by Crippen LogP contribution is -2.48. The number of carbonyl (C=O) groups is 2. The van der Waals surface area contributed by atoms with E-state index in [4.69, 9.17) is 0 Å². The number of hydrogen-bond acceptors (Lipinski definition) is 2. The molecule has 1 aliphatic heterocycles. The molecule has 1 aliphatic carbocycles. The molecular weight excluding hydrogens is 292 g/mol. The van der Waals surface area contributed by atoms with Crippen molar-refractivity contribution >= 4 is 17.7 Å². The zero-order valence-corrected chi connectivity index (χ0v) is 13.6. The summed E-state index contributed by atoms with van der Waals surface area (Å²) in [7, 11) is 0. The number of aliphatic carboxylic acids is 1. The van der Waals surface area contributed by atoms with E-state index in [1.165, 1.54) is 0 Å². The van der Waals surface area contributed by atoms with Gasteiger partial charge in [-0.25, -0.2) is 4.79 Å². The van der Waals surface area contributed by atoms with Gasteiger partial charge in [0.05, 0.1) is 5.41 Å². The minimum absolute atomic E-state index is 0.0253. The number of carboxylic acid groups (broad SMARTS) is 1. The van der Waals surface area contributed by atoms with Crippen molar-refractivity contribution in [3.05, 3.63) is 30.3 Å². The molecule has 3 rings (SSSR count). The van der Waals surface area contributed by atoms with Crippen molar-refractivity contribution in [3.8, 4) is 0 Å². The van der Waals surface area contributed by atoms with Crippen LogP contribution in [0.4, 0.5) is 10.5 Å². The largest absolute Gasteiger partial charge is 0.481 e. The predicted octanol–water partition coefficient (Wildman–Crippen LogP) is 3.21. The van der Waals surface area contributed by atoms with Gasteiger partial charge in [-0.3, -0.25) is 9.69 Å². The topological polar surface area (TPSA) is 60.9 Å².